The molecule has 134 valence electrons. The van der Waals surface area contributed by atoms with Crippen molar-refractivity contribution in [3.63, 3.8) is 0 Å². The van der Waals surface area contributed by atoms with Gasteiger partial charge in [0.15, 0.2) is 0 Å². The Morgan fingerprint density at radius 1 is 1.21 bits per heavy atom. The maximum Gasteiger partial charge on any atom is 0.251 e. The van der Waals surface area contributed by atoms with Gasteiger partial charge < -0.3 is 4.90 Å². The lowest BCUT2D eigenvalue weighted by atomic mass is 10.0. The Kier molecular flexibility index (Phi) is 8.51. The normalized spacial score (nSPS) is 18.8. The minimum Gasteiger partial charge on any atom is -0.317 e. The number of hydrogen-bond acceptors (Lipinski definition) is 2. The van der Waals surface area contributed by atoms with Crippen LogP contribution in [0.15, 0.2) is 41.5 Å². The number of carbonyl (C=O) groups is 1. The number of unbranched alkanes of at least 4 members (excludes halogenated alkanes) is 1. The van der Waals surface area contributed by atoms with Gasteiger partial charge in [-0.3, -0.25) is 10.1 Å². The van der Waals surface area contributed by atoms with Crippen LogP contribution in [0.3, 0.4) is 0 Å². The van der Waals surface area contributed by atoms with Crippen LogP contribution in [0, 0.1) is 0 Å². The van der Waals surface area contributed by atoms with Gasteiger partial charge in [0.25, 0.3) is 5.91 Å². The SMILES string of the molecule is CCCCNC1C(C)=C(C)C(=O)N1C(C)CCc1ccccc1.Cl. The predicted octanol–water partition coefficient (Wildman–Crippen LogP) is 4.32. The van der Waals surface area contributed by atoms with E-state index in [9.17, 15) is 4.79 Å². The van der Waals surface area contributed by atoms with Gasteiger partial charge in [0.2, 0.25) is 0 Å². The molecule has 2 unspecified atom stereocenters. The van der Waals surface area contributed by atoms with Gasteiger partial charge in [-0.1, -0.05) is 43.7 Å². The molecule has 1 N–H and O–H groups in total. The molecule has 2 rings (SSSR count). The molecule has 1 amide bonds. The zero-order chi connectivity index (χ0) is 16.8. The number of carbonyl (C=O) groups excluding carboxylic acids is 1. The standard InChI is InChI=1S/C20H30N2O.ClH/c1-5-6-14-21-19-16(3)17(4)20(23)22(19)15(2)12-13-18-10-8-7-9-11-18;/h7-11,15,19,21H,5-6,12-14H2,1-4H3;1H. The van der Waals surface area contributed by atoms with E-state index in [4.69, 9.17) is 0 Å². The van der Waals surface area contributed by atoms with E-state index in [-0.39, 0.29) is 30.5 Å². The summed E-state index contributed by atoms with van der Waals surface area (Å²) < 4.78 is 0. The third-order valence-electron chi connectivity index (χ3n) is 4.87. The molecule has 1 aromatic carbocycles. The van der Waals surface area contributed by atoms with Gasteiger partial charge >= 0.3 is 0 Å². The number of amides is 1. The molecule has 0 bridgehead atoms. The fourth-order valence-electron chi connectivity index (χ4n) is 3.17. The summed E-state index contributed by atoms with van der Waals surface area (Å²) in [6.07, 6.45) is 4.37. The first-order valence-electron chi connectivity index (χ1n) is 8.83. The molecule has 0 radical (unpaired) electrons. The van der Waals surface area contributed by atoms with Crippen molar-refractivity contribution < 1.29 is 4.79 Å². The average molecular weight is 351 g/mol. The van der Waals surface area contributed by atoms with Crippen LogP contribution in [0.5, 0.6) is 0 Å². The molecule has 0 spiro atoms. The topological polar surface area (TPSA) is 32.3 Å². The maximum atomic E-state index is 12.6. The Morgan fingerprint density at radius 3 is 2.50 bits per heavy atom. The summed E-state index contributed by atoms with van der Waals surface area (Å²) in [5, 5.41) is 3.57. The molecule has 0 saturated carbocycles. The molecule has 0 fully saturated rings. The van der Waals surface area contributed by atoms with E-state index in [1.54, 1.807) is 0 Å². The number of rotatable bonds is 8. The number of nitrogens with one attached hydrogen (secondary N) is 1. The first kappa shape index (κ1) is 20.7. The molecule has 1 heterocycles. The van der Waals surface area contributed by atoms with Gasteiger partial charge in [0.1, 0.15) is 6.17 Å². The number of benzene rings is 1. The quantitative estimate of drug-likeness (QED) is 0.708. The second-order valence-electron chi connectivity index (χ2n) is 6.60. The van der Waals surface area contributed by atoms with Gasteiger partial charge in [-0.25, -0.2) is 0 Å². The van der Waals surface area contributed by atoms with Gasteiger partial charge in [-0.05, 0) is 57.7 Å². The molecule has 2 atom stereocenters. The minimum absolute atomic E-state index is 0. The van der Waals surface area contributed by atoms with Crippen LogP contribution >= 0.6 is 12.4 Å². The molecule has 0 aromatic heterocycles. The summed E-state index contributed by atoms with van der Waals surface area (Å²) in [5.74, 6) is 0.192. The summed E-state index contributed by atoms with van der Waals surface area (Å²) in [6, 6.07) is 10.7. The highest BCUT2D eigenvalue weighted by molar-refractivity contribution is 5.97. The van der Waals surface area contributed by atoms with Crippen LogP contribution in [0.25, 0.3) is 0 Å². The lowest BCUT2D eigenvalue weighted by molar-refractivity contribution is -0.129. The Labute approximate surface area is 152 Å². The Morgan fingerprint density at radius 2 is 1.88 bits per heavy atom. The number of aryl methyl sites for hydroxylation is 1. The van der Waals surface area contributed by atoms with Crippen LogP contribution in [0.4, 0.5) is 0 Å². The Bertz CT molecular complexity index is 556. The molecular formula is C20H31ClN2O. The van der Waals surface area contributed by atoms with Gasteiger partial charge in [0.05, 0.1) is 0 Å². The van der Waals surface area contributed by atoms with Crippen LogP contribution in [0.2, 0.25) is 0 Å². The first-order chi connectivity index (χ1) is 11.1. The predicted molar refractivity (Wildman–Crippen MR) is 103 cm³/mol. The third-order valence-corrected chi connectivity index (χ3v) is 4.87. The van der Waals surface area contributed by atoms with Gasteiger partial charge in [-0.15, -0.1) is 12.4 Å². The molecule has 1 aliphatic rings. The smallest absolute Gasteiger partial charge is 0.251 e. The van der Waals surface area contributed by atoms with Crippen LogP contribution in [-0.2, 0) is 11.2 Å². The van der Waals surface area contributed by atoms with E-state index in [0.29, 0.717) is 0 Å². The summed E-state index contributed by atoms with van der Waals surface area (Å²) in [4.78, 5) is 14.7. The number of nitrogens with zero attached hydrogens (tertiary/aromatic N) is 1. The monoisotopic (exact) mass is 350 g/mol. The molecule has 0 saturated heterocycles. The summed E-state index contributed by atoms with van der Waals surface area (Å²) in [7, 11) is 0. The van der Waals surface area contributed by atoms with E-state index < -0.39 is 0 Å². The highest BCUT2D eigenvalue weighted by Crippen LogP contribution is 2.27. The molecular weight excluding hydrogens is 320 g/mol. The largest absolute Gasteiger partial charge is 0.317 e. The summed E-state index contributed by atoms with van der Waals surface area (Å²) in [6.45, 7) is 9.36. The highest BCUT2D eigenvalue weighted by Gasteiger charge is 2.36. The van der Waals surface area contributed by atoms with E-state index in [1.807, 2.05) is 17.9 Å². The summed E-state index contributed by atoms with van der Waals surface area (Å²) >= 11 is 0. The second-order valence-corrected chi connectivity index (χ2v) is 6.60. The van der Waals surface area contributed by atoms with E-state index in [2.05, 4.69) is 50.4 Å². The molecule has 4 heteroatoms. The van der Waals surface area contributed by atoms with E-state index >= 15 is 0 Å². The molecule has 0 aliphatic carbocycles. The lowest BCUT2D eigenvalue weighted by Gasteiger charge is -2.33. The van der Waals surface area contributed by atoms with Crippen LogP contribution in [0.1, 0.15) is 52.5 Å². The fraction of sp³-hybridized carbons (Fsp3) is 0.550. The van der Waals surface area contributed by atoms with Crippen LogP contribution < -0.4 is 5.32 Å². The van der Waals surface area contributed by atoms with Crippen molar-refractivity contribution in [2.45, 2.75) is 65.6 Å². The fourth-order valence-corrected chi connectivity index (χ4v) is 3.17. The zero-order valence-corrected chi connectivity index (χ0v) is 16.2. The van der Waals surface area contributed by atoms with Crippen molar-refractivity contribution >= 4 is 18.3 Å². The van der Waals surface area contributed by atoms with Crippen molar-refractivity contribution in [1.29, 1.82) is 0 Å². The first-order valence-corrected chi connectivity index (χ1v) is 8.83. The molecule has 1 aliphatic heterocycles. The lowest BCUT2D eigenvalue weighted by Crippen LogP contribution is -2.49. The number of halogens is 1. The summed E-state index contributed by atoms with van der Waals surface area (Å²) in [5.41, 5.74) is 3.42. The third kappa shape index (κ3) is 4.84. The maximum absolute atomic E-state index is 12.6. The second kappa shape index (κ2) is 9.85. The average Bonchev–Trinajstić information content (AvgIpc) is 2.78. The van der Waals surface area contributed by atoms with Crippen molar-refractivity contribution in [2.75, 3.05) is 6.54 Å². The van der Waals surface area contributed by atoms with E-state index in [1.165, 1.54) is 17.6 Å². The Hall–Kier alpha value is -1.32. The van der Waals surface area contributed by atoms with Crippen molar-refractivity contribution in [1.82, 2.24) is 10.2 Å². The number of hydrogen-bond donors (Lipinski definition) is 1. The highest BCUT2D eigenvalue weighted by atomic mass is 35.5. The van der Waals surface area contributed by atoms with E-state index in [0.717, 1.165) is 31.4 Å². The van der Waals surface area contributed by atoms with Crippen molar-refractivity contribution in [2.24, 2.45) is 0 Å². The zero-order valence-electron chi connectivity index (χ0n) is 15.3. The Balaban J connectivity index is 0.00000288. The molecule has 1 aromatic rings. The van der Waals surface area contributed by atoms with Crippen molar-refractivity contribution in [3.8, 4) is 0 Å². The molecule has 3 nitrogen and oxygen atoms in total. The van der Waals surface area contributed by atoms with Crippen LogP contribution in [-0.4, -0.2) is 29.6 Å². The minimum atomic E-state index is 0. The van der Waals surface area contributed by atoms with Gasteiger partial charge in [0, 0.05) is 11.6 Å². The van der Waals surface area contributed by atoms with Gasteiger partial charge in [-0.2, -0.15) is 0 Å². The van der Waals surface area contributed by atoms with Crippen molar-refractivity contribution in [3.05, 3.63) is 47.0 Å². The molecule has 24 heavy (non-hydrogen) atoms.